The summed E-state index contributed by atoms with van der Waals surface area (Å²) < 4.78 is 5.79. The molecule has 1 heterocycles. The summed E-state index contributed by atoms with van der Waals surface area (Å²) in [5, 5.41) is 3.76. The predicted molar refractivity (Wildman–Crippen MR) is 89.7 cm³/mol. The van der Waals surface area contributed by atoms with Crippen molar-refractivity contribution in [3.63, 3.8) is 0 Å². The quantitative estimate of drug-likeness (QED) is 0.744. The number of nitrogens with zero attached hydrogens (tertiary/aromatic N) is 1. The normalized spacial score (nSPS) is 27.9. The first-order chi connectivity index (χ1) is 10.2. The van der Waals surface area contributed by atoms with Gasteiger partial charge in [0.2, 0.25) is 0 Å². The van der Waals surface area contributed by atoms with Crippen LogP contribution in [0.15, 0.2) is 0 Å². The molecule has 0 bridgehead atoms. The van der Waals surface area contributed by atoms with Crippen molar-refractivity contribution in [2.75, 3.05) is 32.8 Å². The van der Waals surface area contributed by atoms with Crippen LogP contribution in [-0.2, 0) is 4.74 Å². The summed E-state index contributed by atoms with van der Waals surface area (Å²) in [6.45, 7) is 12.5. The van der Waals surface area contributed by atoms with Gasteiger partial charge in [-0.15, -0.1) is 0 Å². The number of hydrogen-bond donors (Lipinski definition) is 1. The van der Waals surface area contributed by atoms with E-state index in [1.54, 1.807) is 0 Å². The lowest BCUT2D eigenvalue weighted by Crippen LogP contribution is -2.50. The Bertz CT molecular complexity index is 276. The Hall–Kier alpha value is -0.120. The lowest BCUT2D eigenvalue weighted by atomic mass is 9.93. The van der Waals surface area contributed by atoms with Crippen LogP contribution in [0.5, 0.6) is 0 Å². The van der Waals surface area contributed by atoms with Crippen LogP contribution in [0.2, 0.25) is 0 Å². The molecule has 0 amide bonds. The lowest BCUT2D eigenvalue weighted by molar-refractivity contribution is 0.00815. The SMILES string of the molecule is CCCNC1CCOCC1CN(CC(C)C)C1CCCC1. The molecule has 0 aromatic carbocycles. The van der Waals surface area contributed by atoms with Crippen LogP contribution in [-0.4, -0.2) is 49.8 Å². The molecule has 3 heteroatoms. The molecule has 1 aliphatic carbocycles. The van der Waals surface area contributed by atoms with Gasteiger partial charge in [0.15, 0.2) is 0 Å². The van der Waals surface area contributed by atoms with E-state index in [-0.39, 0.29) is 0 Å². The highest BCUT2D eigenvalue weighted by Crippen LogP contribution is 2.26. The van der Waals surface area contributed by atoms with Crippen molar-refractivity contribution in [1.82, 2.24) is 10.2 Å². The van der Waals surface area contributed by atoms with Gasteiger partial charge in [-0.1, -0.05) is 33.6 Å². The molecule has 1 aliphatic heterocycles. The maximum Gasteiger partial charge on any atom is 0.0521 e. The predicted octanol–water partition coefficient (Wildman–Crippen LogP) is 3.29. The highest BCUT2D eigenvalue weighted by atomic mass is 16.5. The molecule has 0 aromatic heterocycles. The Labute approximate surface area is 131 Å². The number of ether oxygens (including phenoxy) is 1. The van der Waals surface area contributed by atoms with Gasteiger partial charge in [0, 0.05) is 37.7 Å². The first-order valence-corrected chi connectivity index (χ1v) is 9.25. The number of nitrogens with one attached hydrogen (secondary N) is 1. The minimum absolute atomic E-state index is 0.662. The van der Waals surface area contributed by atoms with Gasteiger partial charge in [-0.25, -0.2) is 0 Å². The molecule has 2 atom stereocenters. The maximum atomic E-state index is 5.79. The van der Waals surface area contributed by atoms with Crippen molar-refractivity contribution in [3.05, 3.63) is 0 Å². The minimum Gasteiger partial charge on any atom is -0.381 e. The molecule has 124 valence electrons. The van der Waals surface area contributed by atoms with Crippen LogP contribution in [0.1, 0.15) is 59.3 Å². The summed E-state index contributed by atoms with van der Waals surface area (Å²) in [6, 6.07) is 1.50. The molecule has 2 fully saturated rings. The van der Waals surface area contributed by atoms with E-state index in [4.69, 9.17) is 4.74 Å². The van der Waals surface area contributed by atoms with E-state index in [1.165, 1.54) is 51.6 Å². The third-order valence-corrected chi connectivity index (χ3v) is 5.04. The van der Waals surface area contributed by atoms with Crippen molar-refractivity contribution in [1.29, 1.82) is 0 Å². The van der Waals surface area contributed by atoms with Crippen molar-refractivity contribution in [2.24, 2.45) is 11.8 Å². The Balaban J connectivity index is 1.92. The second kappa shape index (κ2) is 9.12. The minimum atomic E-state index is 0.662. The maximum absolute atomic E-state index is 5.79. The van der Waals surface area contributed by atoms with E-state index in [1.807, 2.05) is 0 Å². The van der Waals surface area contributed by atoms with Crippen LogP contribution in [0.3, 0.4) is 0 Å². The molecule has 2 aliphatic rings. The lowest BCUT2D eigenvalue weighted by Gasteiger charge is -2.39. The molecule has 1 saturated heterocycles. The van der Waals surface area contributed by atoms with Gasteiger partial charge in [0.05, 0.1) is 6.61 Å². The summed E-state index contributed by atoms with van der Waals surface area (Å²) in [4.78, 5) is 2.79. The Morgan fingerprint density at radius 3 is 2.62 bits per heavy atom. The zero-order valence-corrected chi connectivity index (χ0v) is 14.4. The van der Waals surface area contributed by atoms with E-state index >= 15 is 0 Å². The molecular formula is C18H36N2O. The van der Waals surface area contributed by atoms with E-state index in [0.29, 0.717) is 12.0 Å². The van der Waals surface area contributed by atoms with Gasteiger partial charge in [-0.2, -0.15) is 0 Å². The van der Waals surface area contributed by atoms with Crippen LogP contribution in [0.4, 0.5) is 0 Å². The second-order valence-corrected chi connectivity index (χ2v) is 7.47. The molecule has 0 spiro atoms. The number of rotatable bonds is 8. The van der Waals surface area contributed by atoms with E-state index < -0.39 is 0 Å². The Morgan fingerprint density at radius 2 is 1.95 bits per heavy atom. The zero-order chi connectivity index (χ0) is 15.1. The van der Waals surface area contributed by atoms with Crippen LogP contribution < -0.4 is 5.32 Å². The van der Waals surface area contributed by atoms with Crippen LogP contribution in [0, 0.1) is 11.8 Å². The van der Waals surface area contributed by atoms with E-state index in [0.717, 1.165) is 31.7 Å². The van der Waals surface area contributed by atoms with Gasteiger partial charge in [0.25, 0.3) is 0 Å². The molecule has 0 aromatic rings. The van der Waals surface area contributed by atoms with Crippen molar-refractivity contribution in [3.8, 4) is 0 Å². The van der Waals surface area contributed by atoms with Gasteiger partial charge in [-0.3, -0.25) is 4.90 Å². The third-order valence-electron chi connectivity index (χ3n) is 5.04. The molecule has 0 radical (unpaired) electrons. The van der Waals surface area contributed by atoms with Gasteiger partial charge < -0.3 is 10.1 Å². The van der Waals surface area contributed by atoms with Crippen LogP contribution in [0.25, 0.3) is 0 Å². The third kappa shape index (κ3) is 5.54. The van der Waals surface area contributed by atoms with Crippen molar-refractivity contribution < 1.29 is 4.74 Å². The van der Waals surface area contributed by atoms with Gasteiger partial charge in [-0.05, 0) is 38.1 Å². The van der Waals surface area contributed by atoms with Gasteiger partial charge in [0.1, 0.15) is 0 Å². The standard InChI is InChI=1S/C18H36N2O/c1-4-10-19-18-9-11-21-14-16(18)13-20(12-15(2)3)17-7-5-6-8-17/h15-19H,4-14H2,1-3H3. The average Bonchev–Trinajstić information content (AvgIpc) is 2.99. The van der Waals surface area contributed by atoms with E-state index in [9.17, 15) is 0 Å². The summed E-state index contributed by atoms with van der Waals surface area (Å²) in [5.41, 5.74) is 0. The molecular weight excluding hydrogens is 260 g/mol. The summed E-state index contributed by atoms with van der Waals surface area (Å²) in [6.07, 6.45) is 8.09. The Morgan fingerprint density at radius 1 is 1.19 bits per heavy atom. The second-order valence-electron chi connectivity index (χ2n) is 7.47. The average molecular weight is 296 g/mol. The molecule has 2 rings (SSSR count). The highest BCUT2D eigenvalue weighted by molar-refractivity contribution is 4.86. The summed E-state index contributed by atoms with van der Waals surface area (Å²) >= 11 is 0. The molecule has 1 saturated carbocycles. The van der Waals surface area contributed by atoms with E-state index in [2.05, 4.69) is 31.0 Å². The fraction of sp³-hybridized carbons (Fsp3) is 1.00. The fourth-order valence-corrected chi connectivity index (χ4v) is 3.99. The highest BCUT2D eigenvalue weighted by Gasteiger charge is 2.30. The number of hydrogen-bond acceptors (Lipinski definition) is 3. The zero-order valence-electron chi connectivity index (χ0n) is 14.4. The van der Waals surface area contributed by atoms with Crippen molar-refractivity contribution >= 4 is 0 Å². The topological polar surface area (TPSA) is 24.5 Å². The first-order valence-electron chi connectivity index (χ1n) is 9.25. The Kier molecular flexibility index (Phi) is 7.48. The fourth-order valence-electron chi connectivity index (χ4n) is 3.99. The summed E-state index contributed by atoms with van der Waals surface area (Å²) in [5.74, 6) is 1.43. The summed E-state index contributed by atoms with van der Waals surface area (Å²) in [7, 11) is 0. The molecule has 1 N–H and O–H groups in total. The monoisotopic (exact) mass is 296 g/mol. The smallest absolute Gasteiger partial charge is 0.0521 e. The van der Waals surface area contributed by atoms with Gasteiger partial charge >= 0.3 is 0 Å². The van der Waals surface area contributed by atoms with Crippen LogP contribution >= 0.6 is 0 Å². The first kappa shape index (κ1) is 17.2. The molecule has 2 unspecified atom stereocenters. The van der Waals surface area contributed by atoms with Crippen molar-refractivity contribution in [2.45, 2.75) is 71.4 Å². The molecule has 21 heavy (non-hydrogen) atoms. The largest absolute Gasteiger partial charge is 0.381 e. The molecule has 3 nitrogen and oxygen atoms in total.